The van der Waals surface area contributed by atoms with Gasteiger partial charge in [-0.25, -0.2) is 15.0 Å². The molecule has 5 fully saturated rings. The number of allylic oxidation sites excluding steroid dienone is 6. The van der Waals surface area contributed by atoms with Gasteiger partial charge in [-0.3, -0.25) is 0 Å². The van der Waals surface area contributed by atoms with Gasteiger partial charge in [0.15, 0.2) is 5.82 Å². The van der Waals surface area contributed by atoms with Gasteiger partial charge in [0.25, 0.3) is 0 Å². The molecule has 1 saturated heterocycles. The molecular weight excluding hydrogens is 538 g/mol. The van der Waals surface area contributed by atoms with Crippen LogP contribution in [-0.2, 0) is 4.74 Å². The minimum absolute atomic E-state index is 0.200. The van der Waals surface area contributed by atoms with Crippen LogP contribution in [0.2, 0.25) is 0 Å². The molecule has 4 saturated carbocycles. The minimum Gasteiger partial charge on any atom is -0.370 e. The number of rotatable bonds is 3. The first-order chi connectivity index (χ1) is 21.8. The third-order valence-electron chi connectivity index (χ3n) is 14.0. The van der Waals surface area contributed by atoms with Crippen molar-refractivity contribution in [2.24, 2.45) is 40.9 Å². The zero-order valence-corrected chi connectivity index (χ0v) is 26.8. The fraction of sp³-hybridized carbons (Fsp3) is 0.725. The first-order valence-electron chi connectivity index (χ1n) is 19.0. The molecule has 1 aliphatic heterocycles. The maximum atomic E-state index is 7.15. The lowest BCUT2D eigenvalue weighted by Gasteiger charge is -2.61. The summed E-state index contributed by atoms with van der Waals surface area (Å²) in [6, 6.07) is 0. The van der Waals surface area contributed by atoms with Crippen LogP contribution < -0.4 is 0 Å². The molecule has 9 rings (SSSR count). The van der Waals surface area contributed by atoms with Crippen LogP contribution in [0.1, 0.15) is 145 Å². The van der Waals surface area contributed by atoms with Gasteiger partial charge in [0.1, 0.15) is 11.6 Å². The van der Waals surface area contributed by atoms with Gasteiger partial charge in [0.2, 0.25) is 0 Å². The number of hydrogen-bond acceptors (Lipinski definition) is 4. The molecule has 4 heteroatoms. The highest BCUT2D eigenvalue weighted by Gasteiger charge is 2.69. The van der Waals surface area contributed by atoms with Gasteiger partial charge >= 0.3 is 0 Å². The van der Waals surface area contributed by atoms with Crippen molar-refractivity contribution in [2.45, 2.75) is 140 Å². The number of hydrogen-bond donors (Lipinski definition) is 0. The number of aromatic nitrogens is 3. The van der Waals surface area contributed by atoms with Crippen molar-refractivity contribution in [3.8, 4) is 0 Å². The Balaban J connectivity index is 1.17. The van der Waals surface area contributed by atoms with E-state index in [1.54, 1.807) is 0 Å². The topological polar surface area (TPSA) is 47.9 Å². The van der Waals surface area contributed by atoms with Crippen molar-refractivity contribution in [2.75, 3.05) is 0 Å². The first-order valence-corrected chi connectivity index (χ1v) is 19.0. The van der Waals surface area contributed by atoms with E-state index in [9.17, 15) is 0 Å². The van der Waals surface area contributed by atoms with Gasteiger partial charge in [0.05, 0.1) is 12.2 Å². The minimum atomic E-state index is 0.200. The van der Waals surface area contributed by atoms with Crippen LogP contribution in [0.25, 0.3) is 5.57 Å². The largest absolute Gasteiger partial charge is 0.370 e. The van der Waals surface area contributed by atoms with E-state index in [0.29, 0.717) is 35.2 Å². The second kappa shape index (κ2) is 11.6. The number of nitrogens with zero attached hydrogens (tertiary/aromatic N) is 3. The van der Waals surface area contributed by atoms with E-state index in [1.807, 2.05) is 0 Å². The molecule has 10 unspecified atom stereocenters. The fourth-order valence-corrected chi connectivity index (χ4v) is 12.4. The molecule has 0 amide bonds. The summed E-state index contributed by atoms with van der Waals surface area (Å²) in [5, 5.41) is 0. The molecule has 7 aliphatic carbocycles. The smallest absolute Gasteiger partial charge is 0.163 e. The van der Waals surface area contributed by atoms with Gasteiger partial charge in [0, 0.05) is 23.3 Å². The summed E-state index contributed by atoms with van der Waals surface area (Å²) in [6.07, 6.45) is 41.8. The molecule has 44 heavy (non-hydrogen) atoms. The molecule has 1 aromatic heterocycles. The van der Waals surface area contributed by atoms with Crippen LogP contribution in [0.15, 0.2) is 42.5 Å². The fourth-order valence-electron chi connectivity index (χ4n) is 12.4. The van der Waals surface area contributed by atoms with Crippen LogP contribution in [0.4, 0.5) is 0 Å². The summed E-state index contributed by atoms with van der Waals surface area (Å²) < 4.78 is 7.15. The molecule has 4 nitrogen and oxygen atoms in total. The van der Waals surface area contributed by atoms with Gasteiger partial charge in [-0.1, -0.05) is 87.5 Å². The van der Waals surface area contributed by atoms with E-state index >= 15 is 0 Å². The van der Waals surface area contributed by atoms with Crippen LogP contribution in [0.3, 0.4) is 0 Å². The Kier molecular flexibility index (Phi) is 7.44. The van der Waals surface area contributed by atoms with Crippen LogP contribution in [0, 0.1) is 40.9 Å². The monoisotopic (exact) mass is 591 g/mol. The van der Waals surface area contributed by atoms with E-state index in [2.05, 4.69) is 42.5 Å². The lowest BCUT2D eigenvalue weighted by molar-refractivity contribution is -0.206. The van der Waals surface area contributed by atoms with Crippen LogP contribution >= 0.6 is 0 Å². The molecule has 2 heterocycles. The Hall–Kier alpha value is -2.07. The highest BCUT2D eigenvalue weighted by Crippen LogP contribution is 2.72. The Bertz CT molecular complexity index is 1350. The predicted octanol–water partition coefficient (Wildman–Crippen LogP) is 9.66. The maximum absolute atomic E-state index is 7.15. The van der Waals surface area contributed by atoms with Gasteiger partial charge < -0.3 is 4.74 Å². The Labute approximate surface area is 265 Å². The standard InChI is InChI=1S/C40H53N3O/c1-3-13-26(14-4-1)37-41-38(27-15-5-2-6-16-27)43-39(42-37)28-23-24-36-34(25-28)40(33-21-11-12-22-35(33)44-36)31-19-9-7-17-29(31)30-18-8-10-20-32(30)40/h3,7,13,17,23-27,29-36H,1-2,4-6,8-12,14-16,18-22H2. The zero-order chi connectivity index (χ0) is 29.1. The van der Waals surface area contributed by atoms with Gasteiger partial charge in [-0.2, -0.15) is 0 Å². The normalized spacial score (nSPS) is 43.2. The molecule has 1 aromatic rings. The Morgan fingerprint density at radius 2 is 1.43 bits per heavy atom. The number of ether oxygens (including phenoxy) is 1. The van der Waals surface area contributed by atoms with E-state index in [0.717, 1.165) is 47.6 Å². The molecule has 0 aromatic carbocycles. The molecule has 0 N–H and O–H groups in total. The molecule has 0 bridgehead atoms. The van der Waals surface area contributed by atoms with Crippen molar-refractivity contribution in [1.82, 2.24) is 15.0 Å². The second-order valence-electron chi connectivity index (χ2n) is 16.0. The van der Waals surface area contributed by atoms with Gasteiger partial charge in [-0.15, -0.1) is 0 Å². The van der Waals surface area contributed by atoms with E-state index in [1.165, 1.54) is 115 Å². The number of fused-ring (bicyclic) bond motifs is 9. The van der Waals surface area contributed by atoms with E-state index in [4.69, 9.17) is 19.7 Å². The highest BCUT2D eigenvalue weighted by atomic mass is 16.5. The molecular formula is C40H53N3O. The second-order valence-corrected chi connectivity index (χ2v) is 16.0. The maximum Gasteiger partial charge on any atom is 0.163 e. The molecule has 0 radical (unpaired) electrons. The quantitative estimate of drug-likeness (QED) is 0.328. The summed E-state index contributed by atoms with van der Waals surface area (Å²) in [5.41, 5.74) is 1.60. The van der Waals surface area contributed by atoms with Crippen molar-refractivity contribution in [3.63, 3.8) is 0 Å². The first kappa shape index (κ1) is 28.2. The molecule has 1 spiro atoms. The summed E-state index contributed by atoms with van der Waals surface area (Å²) in [4.78, 5) is 15.9. The zero-order valence-electron chi connectivity index (χ0n) is 26.8. The third-order valence-corrected chi connectivity index (χ3v) is 14.0. The summed E-state index contributed by atoms with van der Waals surface area (Å²) in [5.74, 6) is 8.27. The average molecular weight is 592 g/mol. The van der Waals surface area contributed by atoms with E-state index in [-0.39, 0.29) is 6.10 Å². The molecule has 8 aliphatic rings. The predicted molar refractivity (Wildman–Crippen MR) is 176 cm³/mol. The lowest BCUT2D eigenvalue weighted by atomic mass is 9.47. The summed E-state index contributed by atoms with van der Waals surface area (Å²) in [6.45, 7) is 0. The SMILES string of the molecule is C1=CC(c2nc(C3=CC4C(C=C3)OC3CCCCC3C43C4CCC=CC4C4CCCCC43)nc(C3CCCCC3)n2)CCC1. The summed E-state index contributed by atoms with van der Waals surface area (Å²) >= 11 is 0. The van der Waals surface area contributed by atoms with Crippen LogP contribution in [0.5, 0.6) is 0 Å². The molecule has 10 atom stereocenters. The van der Waals surface area contributed by atoms with Crippen LogP contribution in [-0.4, -0.2) is 27.2 Å². The van der Waals surface area contributed by atoms with Gasteiger partial charge in [-0.05, 0) is 106 Å². The van der Waals surface area contributed by atoms with Crippen molar-refractivity contribution >= 4 is 5.57 Å². The van der Waals surface area contributed by atoms with Crippen molar-refractivity contribution < 1.29 is 4.74 Å². The third kappa shape index (κ3) is 4.50. The van der Waals surface area contributed by atoms with E-state index < -0.39 is 0 Å². The summed E-state index contributed by atoms with van der Waals surface area (Å²) in [7, 11) is 0. The Morgan fingerprint density at radius 1 is 0.636 bits per heavy atom. The lowest BCUT2D eigenvalue weighted by Crippen LogP contribution is -2.60. The molecule has 234 valence electrons. The van der Waals surface area contributed by atoms with Crippen molar-refractivity contribution in [1.29, 1.82) is 0 Å². The highest BCUT2D eigenvalue weighted by molar-refractivity contribution is 5.71. The Morgan fingerprint density at radius 3 is 2.32 bits per heavy atom. The average Bonchev–Trinajstić information content (AvgIpc) is 3.40. The van der Waals surface area contributed by atoms with Crippen molar-refractivity contribution in [3.05, 3.63) is 60.0 Å².